The van der Waals surface area contributed by atoms with Crippen LogP contribution in [0.4, 0.5) is 10.6 Å². The van der Waals surface area contributed by atoms with E-state index < -0.39 is 0 Å². The van der Waals surface area contributed by atoms with Crippen molar-refractivity contribution in [2.75, 3.05) is 56.6 Å². The molecule has 0 spiro atoms. The Morgan fingerprint density at radius 2 is 1.81 bits per heavy atom. The molecule has 1 aromatic rings. The van der Waals surface area contributed by atoms with Gasteiger partial charge in [-0.25, -0.2) is 9.97 Å². The highest BCUT2D eigenvalue weighted by Gasteiger charge is 2.32. The number of thioether (sulfide) groups is 1. The average Bonchev–Trinajstić information content (AvgIpc) is 3.11. The maximum atomic E-state index is 12.6. The summed E-state index contributed by atoms with van der Waals surface area (Å²) in [6, 6.07) is 0. The van der Waals surface area contributed by atoms with Crippen molar-refractivity contribution >= 4 is 34.6 Å². The van der Waals surface area contributed by atoms with Gasteiger partial charge in [-0.05, 0) is 26.7 Å². The highest BCUT2D eigenvalue weighted by atomic mass is 32.2. The second kappa shape index (κ2) is 9.52. The molecule has 31 heavy (non-hydrogen) atoms. The minimum atomic E-state index is -0.250. The number of aryl methyl sites for hydroxylation is 1. The largest absolute Gasteiger partial charge is 0.378 e. The van der Waals surface area contributed by atoms with Gasteiger partial charge in [0.15, 0.2) is 0 Å². The van der Waals surface area contributed by atoms with E-state index in [1.165, 1.54) is 4.90 Å². The topological polar surface area (TPSA) is 95.9 Å². The minimum absolute atomic E-state index is 0.00837. The molecule has 168 valence electrons. The van der Waals surface area contributed by atoms with Gasteiger partial charge in [0.2, 0.25) is 11.8 Å². The van der Waals surface area contributed by atoms with E-state index in [2.05, 4.69) is 11.8 Å². The Morgan fingerprint density at radius 1 is 1.10 bits per heavy atom. The number of carbonyl (C=O) groups is 3. The number of morpholine rings is 1. The third kappa shape index (κ3) is 4.85. The van der Waals surface area contributed by atoms with Gasteiger partial charge in [0.05, 0.1) is 19.0 Å². The Bertz CT molecular complexity index is 850. The number of carbonyl (C=O) groups excluding carboxylic acids is 3. The quantitative estimate of drug-likeness (QED) is 0.673. The standard InChI is InChI=1S/C21H29N5O4S/c1-14-15(2)22-19(23-20(14)25-9-11-30-12-10-25)16-3-6-24(7-4-16)17(27)5-8-26-18(28)13-31-21(26)29/h16H,3-13H2,1-2H3. The van der Waals surface area contributed by atoms with Crippen LogP contribution in [0.2, 0.25) is 0 Å². The van der Waals surface area contributed by atoms with Crippen LogP contribution in [0, 0.1) is 13.8 Å². The molecule has 0 aromatic carbocycles. The molecule has 3 aliphatic heterocycles. The van der Waals surface area contributed by atoms with E-state index in [1.807, 2.05) is 11.8 Å². The highest BCUT2D eigenvalue weighted by molar-refractivity contribution is 8.14. The van der Waals surface area contributed by atoms with E-state index in [0.717, 1.165) is 60.6 Å². The van der Waals surface area contributed by atoms with Crippen LogP contribution >= 0.6 is 11.8 Å². The smallest absolute Gasteiger partial charge is 0.288 e. The van der Waals surface area contributed by atoms with Crippen molar-refractivity contribution in [3.05, 3.63) is 17.1 Å². The lowest BCUT2D eigenvalue weighted by Gasteiger charge is -2.33. The van der Waals surface area contributed by atoms with Crippen LogP contribution < -0.4 is 4.90 Å². The monoisotopic (exact) mass is 447 g/mol. The van der Waals surface area contributed by atoms with E-state index in [-0.39, 0.29) is 41.7 Å². The first-order valence-corrected chi connectivity index (χ1v) is 11.9. The molecular formula is C21H29N5O4S. The van der Waals surface area contributed by atoms with Crippen molar-refractivity contribution < 1.29 is 19.1 Å². The molecule has 9 nitrogen and oxygen atoms in total. The molecule has 4 rings (SSSR count). The van der Waals surface area contributed by atoms with E-state index >= 15 is 0 Å². The summed E-state index contributed by atoms with van der Waals surface area (Å²) in [7, 11) is 0. The SMILES string of the molecule is Cc1nc(C2CCN(C(=O)CCN3C(=O)CSC3=O)CC2)nc(N2CCOCC2)c1C. The Labute approximate surface area is 186 Å². The number of piperidine rings is 1. The Morgan fingerprint density at radius 3 is 2.45 bits per heavy atom. The molecule has 3 amide bonds. The van der Waals surface area contributed by atoms with Crippen molar-refractivity contribution in [3.63, 3.8) is 0 Å². The van der Waals surface area contributed by atoms with Crippen LogP contribution in [-0.2, 0) is 14.3 Å². The summed E-state index contributed by atoms with van der Waals surface area (Å²) in [5.41, 5.74) is 2.12. The van der Waals surface area contributed by atoms with Crippen molar-refractivity contribution in [3.8, 4) is 0 Å². The third-order valence-corrected chi connectivity index (χ3v) is 7.15. The highest BCUT2D eigenvalue weighted by Crippen LogP contribution is 2.30. The molecule has 0 radical (unpaired) electrons. The summed E-state index contributed by atoms with van der Waals surface area (Å²) >= 11 is 1.00. The van der Waals surface area contributed by atoms with E-state index in [0.29, 0.717) is 26.3 Å². The Balaban J connectivity index is 1.35. The summed E-state index contributed by atoms with van der Waals surface area (Å²) < 4.78 is 5.47. The average molecular weight is 448 g/mol. The fourth-order valence-corrected chi connectivity index (χ4v) is 5.00. The zero-order valence-electron chi connectivity index (χ0n) is 18.1. The number of hydrogen-bond acceptors (Lipinski definition) is 8. The molecule has 0 N–H and O–H groups in total. The van der Waals surface area contributed by atoms with Crippen LogP contribution in [0.3, 0.4) is 0 Å². The first-order valence-electron chi connectivity index (χ1n) is 10.9. The van der Waals surface area contributed by atoms with Crippen LogP contribution in [0.25, 0.3) is 0 Å². The summed E-state index contributed by atoms with van der Waals surface area (Å²) in [6.45, 7) is 8.66. The third-order valence-electron chi connectivity index (χ3n) is 6.29. The molecule has 1 aromatic heterocycles. The number of ether oxygens (including phenoxy) is 1. The van der Waals surface area contributed by atoms with Gasteiger partial charge < -0.3 is 14.5 Å². The van der Waals surface area contributed by atoms with Crippen LogP contribution in [0.1, 0.15) is 42.3 Å². The summed E-state index contributed by atoms with van der Waals surface area (Å²) in [6.07, 6.45) is 1.81. The number of anilines is 1. The number of likely N-dealkylation sites (tertiary alicyclic amines) is 1. The van der Waals surface area contributed by atoms with Crippen molar-refractivity contribution in [2.45, 2.75) is 39.0 Å². The van der Waals surface area contributed by atoms with Crippen LogP contribution in [0.5, 0.6) is 0 Å². The molecule has 3 fully saturated rings. The van der Waals surface area contributed by atoms with Gasteiger partial charge in [-0.2, -0.15) is 0 Å². The summed E-state index contributed by atoms with van der Waals surface area (Å²) in [5, 5.41) is -0.250. The number of imide groups is 1. The second-order valence-corrected chi connectivity index (χ2v) is 9.15. The zero-order chi connectivity index (χ0) is 22.0. The fraction of sp³-hybridized carbons (Fsp3) is 0.667. The van der Waals surface area contributed by atoms with Gasteiger partial charge in [0.25, 0.3) is 5.24 Å². The lowest BCUT2D eigenvalue weighted by molar-refractivity contribution is -0.133. The molecule has 0 unspecified atom stereocenters. The van der Waals surface area contributed by atoms with E-state index in [4.69, 9.17) is 14.7 Å². The number of nitrogens with zero attached hydrogens (tertiary/aromatic N) is 5. The van der Waals surface area contributed by atoms with Gasteiger partial charge in [0.1, 0.15) is 11.6 Å². The normalized spacial score (nSPS) is 20.6. The second-order valence-electron chi connectivity index (χ2n) is 8.22. The number of amides is 3. The van der Waals surface area contributed by atoms with Crippen molar-refractivity contribution in [1.29, 1.82) is 0 Å². The zero-order valence-corrected chi connectivity index (χ0v) is 18.9. The lowest BCUT2D eigenvalue weighted by atomic mass is 9.95. The molecule has 0 atom stereocenters. The molecule has 0 aliphatic carbocycles. The predicted octanol–water partition coefficient (Wildman–Crippen LogP) is 1.72. The van der Waals surface area contributed by atoms with Crippen molar-refractivity contribution in [2.24, 2.45) is 0 Å². The molecule has 3 aliphatic rings. The molecule has 0 saturated carbocycles. The van der Waals surface area contributed by atoms with Crippen LogP contribution in [0.15, 0.2) is 0 Å². The van der Waals surface area contributed by atoms with Gasteiger partial charge in [-0.1, -0.05) is 11.8 Å². The van der Waals surface area contributed by atoms with Gasteiger partial charge in [-0.15, -0.1) is 0 Å². The first-order chi connectivity index (χ1) is 14.9. The minimum Gasteiger partial charge on any atom is -0.378 e. The first kappa shape index (κ1) is 22.0. The molecule has 4 heterocycles. The molecule has 3 saturated heterocycles. The molecular weight excluding hydrogens is 418 g/mol. The maximum absolute atomic E-state index is 12.6. The Hall–Kier alpha value is -2.20. The summed E-state index contributed by atoms with van der Waals surface area (Å²) in [4.78, 5) is 51.0. The van der Waals surface area contributed by atoms with Gasteiger partial charge in [0, 0.05) is 56.3 Å². The van der Waals surface area contributed by atoms with Crippen molar-refractivity contribution in [1.82, 2.24) is 19.8 Å². The number of hydrogen-bond donors (Lipinski definition) is 0. The fourth-order valence-electron chi connectivity index (χ4n) is 4.25. The lowest BCUT2D eigenvalue weighted by Crippen LogP contribution is -2.41. The molecule has 0 bridgehead atoms. The maximum Gasteiger partial charge on any atom is 0.288 e. The van der Waals surface area contributed by atoms with E-state index in [1.54, 1.807) is 0 Å². The predicted molar refractivity (Wildman–Crippen MR) is 117 cm³/mol. The van der Waals surface area contributed by atoms with Gasteiger partial charge >= 0.3 is 0 Å². The number of rotatable bonds is 5. The summed E-state index contributed by atoms with van der Waals surface area (Å²) in [5.74, 6) is 2.06. The van der Waals surface area contributed by atoms with Gasteiger partial charge in [-0.3, -0.25) is 19.3 Å². The number of aromatic nitrogens is 2. The van der Waals surface area contributed by atoms with E-state index in [9.17, 15) is 14.4 Å². The Kier molecular flexibility index (Phi) is 6.76. The van der Waals surface area contributed by atoms with Crippen LogP contribution in [-0.4, -0.2) is 88.5 Å². The molecule has 10 heteroatoms.